The highest BCUT2D eigenvalue weighted by molar-refractivity contribution is 6.16. The van der Waals surface area contributed by atoms with E-state index in [2.05, 4.69) is 16.8 Å². The maximum Gasteiger partial charge on any atom is 0.332 e. The van der Waals surface area contributed by atoms with Gasteiger partial charge in [0, 0.05) is 25.2 Å². The molecule has 0 bridgehead atoms. The summed E-state index contributed by atoms with van der Waals surface area (Å²) in [7, 11) is 3.24. The molecule has 2 heterocycles. The van der Waals surface area contributed by atoms with Crippen molar-refractivity contribution in [3.63, 3.8) is 0 Å². The maximum atomic E-state index is 14.9. The normalized spacial score (nSPS) is 18.5. The van der Waals surface area contributed by atoms with E-state index in [0.29, 0.717) is 16.2 Å². The number of urea groups is 1. The molecule has 0 unspecified atom stereocenters. The minimum absolute atomic E-state index is 0.0950. The van der Waals surface area contributed by atoms with Crippen molar-refractivity contribution < 1.29 is 18.4 Å². The number of anilines is 1. The molecule has 1 aliphatic heterocycles. The Labute approximate surface area is 184 Å². The van der Waals surface area contributed by atoms with Gasteiger partial charge in [0.15, 0.2) is 11.6 Å². The van der Waals surface area contributed by atoms with Gasteiger partial charge in [0.2, 0.25) is 5.91 Å². The lowest BCUT2D eigenvalue weighted by Crippen LogP contribution is -2.60. The van der Waals surface area contributed by atoms with Gasteiger partial charge in [0.25, 0.3) is 0 Å². The third-order valence-corrected chi connectivity index (χ3v) is 5.70. The molecule has 0 radical (unpaired) electrons. The fourth-order valence-corrected chi connectivity index (χ4v) is 3.84. The molecular formula is C24H20F2N4O2. The molecule has 2 aromatic carbocycles. The first-order chi connectivity index (χ1) is 15.2. The number of carbonyl (C=O) groups is 2. The summed E-state index contributed by atoms with van der Waals surface area (Å²) in [4.78, 5) is 32.0. The molecule has 4 rings (SSSR count). The molecule has 1 aromatic heterocycles. The monoisotopic (exact) mass is 434 g/mol. The Balaban J connectivity index is 1.69. The first-order valence-electron chi connectivity index (χ1n) is 9.86. The molecule has 1 aliphatic rings. The highest BCUT2D eigenvalue weighted by Gasteiger charge is 2.48. The van der Waals surface area contributed by atoms with Crippen molar-refractivity contribution in [1.82, 2.24) is 14.5 Å². The van der Waals surface area contributed by atoms with Crippen molar-refractivity contribution in [1.29, 1.82) is 0 Å². The molecule has 6 nitrogen and oxygen atoms in total. The number of carbonyl (C=O) groups excluding carboxylic acids is 2. The average molecular weight is 434 g/mol. The minimum atomic E-state index is -1.04. The third-order valence-electron chi connectivity index (χ3n) is 5.70. The van der Waals surface area contributed by atoms with Gasteiger partial charge < -0.3 is 9.47 Å². The summed E-state index contributed by atoms with van der Waals surface area (Å²) in [5, 5.41) is 0. The van der Waals surface area contributed by atoms with Gasteiger partial charge in [-0.15, -0.1) is 0 Å². The van der Waals surface area contributed by atoms with Crippen molar-refractivity contribution in [2.75, 3.05) is 11.9 Å². The van der Waals surface area contributed by atoms with E-state index < -0.39 is 34.8 Å². The van der Waals surface area contributed by atoms with Crippen LogP contribution in [0.15, 0.2) is 55.0 Å². The van der Waals surface area contributed by atoms with E-state index in [9.17, 15) is 18.4 Å². The van der Waals surface area contributed by atoms with Crippen molar-refractivity contribution in [2.24, 2.45) is 7.05 Å². The lowest BCUT2D eigenvalue weighted by atomic mass is 9.89. The number of aryl methyl sites for hydroxylation is 1. The van der Waals surface area contributed by atoms with Crippen LogP contribution in [0.2, 0.25) is 0 Å². The molecule has 32 heavy (non-hydrogen) atoms. The number of imide groups is 1. The molecule has 3 aromatic rings. The maximum absolute atomic E-state index is 14.9. The van der Waals surface area contributed by atoms with Gasteiger partial charge in [-0.2, -0.15) is 0 Å². The standard InChI is InChI=1S/C24H20F2N4O2/c1-24(20-14-27-15-28(20)2)13-21(31)30(23(32)29(24)3)22-18(25)11-17(12-19(22)26)10-9-16-7-5-4-6-8-16/h4-8,11-12,14-15H,13H2,1-3H3/t24-/m0/s1. The molecule has 3 amide bonds. The second-order valence-corrected chi connectivity index (χ2v) is 7.82. The Bertz CT molecular complexity index is 1250. The second kappa shape index (κ2) is 7.93. The molecule has 0 spiro atoms. The Morgan fingerprint density at radius 1 is 1.00 bits per heavy atom. The predicted octanol–water partition coefficient (Wildman–Crippen LogP) is 3.80. The zero-order valence-electron chi connectivity index (χ0n) is 17.8. The fourth-order valence-electron chi connectivity index (χ4n) is 3.84. The summed E-state index contributed by atoms with van der Waals surface area (Å²) in [6.45, 7) is 1.71. The van der Waals surface area contributed by atoms with E-state index in [1.807, 2.05) is 6.07 Å². The average Bonchev–Trinajstić information content (AvgIpc) is 3.20. The number of aromatic nitrogens is 2. The number of imidazole rings is 1. The quantitative estimate of drug-likeness (QED) is 0.577. The Kier molecular flexibility index (Phi) is 5.26. The van der Waals surface area contributed by atoms with Crippen molar-refractivity contribution in [2.45, 2.75) is 18.9 Å². The zero-order valence-corrected chi connectivity index (χ0v) is 17.8. The van der Waals surface area contributed by atoms with Crippen LogP contribution in [0.25, 0.3) is 0 Å². The van der Waals surface area contributed by atoms with Gasteiger partial charge in [0.1, 0.15) is 5.69 Å². The van der Waals surface area contributed by atoms with Gasteiger partial charge in [-0.05, 0) is 31.2 Å². The Morgan fingerprint density at radius 3 is 2.22 bits per heavy atom. The van der Waals surface area contributed by atoms with E-state index in [4.69, 9.17) is 0 Å². The molecule has 162 valence electrons. The van der Waals surface area contributed by atoms with Crippen LogP contribution >= 0.6 is 0 Å². The molecule has 1 fully saturated rings. The highest BCUT2D eigenvalue weighted by Crippen LogP contribution is 2.38. The predicted molar refractivity (Wildman–Crippen MR) is 115 cm³/mol. The summed E-state index contributed by atoms with van der Waals surface area (Å²) < 4.78 is 31.6. The largest absolute Gasteiger partial charge is 0.336 e. The number of nitrogens with zero attached hydrogens (tertiary/aromatic N) is 4. The van der Waals surface area contributed by atoms with Crippen molar-refractivity contribution >= 4 is 17.6 Å². The van der Waals surface area contributed by atoms with E-state index >= 15 is 0 Å². The SMILES string of the molecule is CN1C(=O)N(c2c(F)cc(C#Cc3ccccc3)cc2F)C(=O)C[C@@]1(C)c1cncn1C. The third kappa shape index (κ3) is 3.52. The topological polar surface area (TPSA) is 58.4 Å². The number of benzene rings is 2. The van der Waals surface area contributed by atoms with Gasteiger partial charge >= 0.3 is 6.03 Å². The summed E-state index contributed by atoms with van der Waals surface area (Å²) >= 11 is 0. The molecule has 8 heteroatoms. The number of halogens is 2. The van der Waals surface area contributed by atoms with Crippen molar-refractivity contribution in [3.05, 3.63) is 83.4 Å². The first-order valence-corrected chi connectivity index (χ1v) is 9.86. The minimum Gasteiger partial charge on any atom is -0.336 e. The zero-order chi connectivity index (χ0) is 23.0. The second-order valence-electron chi connectivity index (χ2n) is 7.82. The highest BCUT2D eigenvalue weighted by atomic mass is 19.1. The van der Waals surface area contributed by atoms with E-state index in [1.165, 1.54) is 11.9 Å². The lowest BCUT2D eigenvalue weighted by molar-refractivity contribution is -0.122. The van der Waals surface area contributed by atoms with E-state index in [0.717, 1.165) is 12.1 Å². The van der Waals surface area contributed by atoms with Crippen LogP contribution in [0.5, 0.6) is 0 Å². The summed E-state index contributed by atoms with van der Waals surface area (Å²) in [6.07, 6.45) is 2.96. The molecule has 1 atom stereocenters. The Hall–Kier alpha value is -3.99. The molecular weight excluding hydrogens is 414 g/mol. The van der Waals surface area contributed by atoms with Crippen LogP contribution in [-0.4, -0.2) is 33.4 Å². The van der Waals surface area contributed by atoms with Gasteiger partial charge in [-0.25, -0.2) is 23.5 Å². The number of amides is 3. The smallest absolute Gasteiger partial charge is 0.332 e. The number of hydrogen-bond acceptors (Lipinski definition) is 3. The molecule has 0 saturated carbocycles. The first kappa shape index (κ1) is 21.2. The van der Waals surface area contributed by atoms with Crippen LogP contribution in [0, 0.1) is 23.5 Å². The number of hydrogen-bond donors (Lipinski definition) is 0. The van der Waals surface area contributed by atoms with E-state index in [1.54, 1.807) is 55.3 Å². The van der Waals surface area contributed by atoms with Crippen molar-refractivity contribution in [3.8, 4) is 11.8 Å². The fraction of sp³-hybridized carbons (Fsp3) is 0.208. The summed E-state index contributed by atoms with van der Waals surface area (Å²) in [5.41, 5.74) is -0.297. The van der Waals surface area contributed by atoms with Crippen LogP contribution in [0.3, 0.4) is 0 Å². The summed E-state index contributed by atoms with van der Waals surface area (Å²) in [6, 6.07) is 10.2. The van der Waals surface area contributed by atoms with Crippen LogP contribution in [0.4, 0.5) is 19.3 Å². The van der Waals surface area contributed by atoms with Gasteiger partial charge in [-0.1, -0.05) is 30.0 Å². The lowest BCUT2D eigenvalue weighted by Gasteiger charge is -2.45. The van der Waals surface area contributed by atoms with Crippen LogP contribution in [0.1, 0.15) is 30.2 Å². The van der Waals surface area contributed by atoms with Gasteiger partial charge in [-0.3, -0.25) is 4.79 Å². The van der Waals surface area contributed by atoms with Gasteiger partial charge in [0.05, 0.1) is 30.2 Å². The van der Waals surface area contributed by atoms with Crippen LogP contribution < -0.4 is 4.90 Å². The summed E-state index contributed by atoms with van der Waals surface area (Å²) in [5.74, 6) is 2.74. The van der Waals surface area contributed by atoms with E-state index in [-0.39, 0.29) is 12.0 Å². The molecule has 0 aliphatic carbocycles. The Morgan fingerprint density at radius 2 is 1.62 bits per heavy atom. The molecule has 1 saturated heterocycles. The van der Waals surface area contributed by atoms with Crippen LogP contribution in [-0.2, 0) is 17.4 Å². The molecule has 0 N–H and O–H groups in total. The number of rotatable bonds is 2.